The van der Waals surface area contributed by atoms with Crippen molar-refractivity contribution in [1.82, 2.24) is 4.98 Å². The molecule has 1 fully saturated rings. The third kappa shape index (κ3) is 3.14. The second-order valence-corrected chi connectivity index (χ2v) is 4.88. The number of amides is 1. The molecule has 1 aliphatic rings. The van der Waals surface area contributed by atoms with Gasteiger partial charge < -0.3 is 21.1 Å². The minimum absolute atomic E-state index is 0.248. The van der Waals surface area contributed by atoms with E-state index in [1.54, 1.807) is 19.2 Å². The number of carbonyl (C=O) groups excluding carboxylic acids is 1. The molecule has 1 amide bonds. The van der Waals surface area contributed by atoms with E-state index in [1.807, 2.05) is 0 Å². The normalized spacial score (nSPS) is 19.4. The molecule has 1 aliphatic heterocycles. The first-order valence-corrected chi connectivity index (χ1v) is 6.42. The third-order valence-corrected chi connectivity index (χ3v) is 3.38. The fourth-order valence-electron chi connectivity index (χ4n) is 2.48. The van der Waals surface area contributed by atoms with Gasteiger partial charge in [-0.1, -0.05) is 0 Å². The zero-order valence-corrected chi connectivity index (χ0v) is 11.1. The Kier molecular flexibility index (Phi) is 4.21. The van der Waals surface area contributed by atoms with Gasteiger partial charge in [0.05, 0.1) is 12.3 Å². The van der Waals surface area contributed by atoms with Crippen LogP contribution in [0, 0.1) is 5.92 Å². The average Bonchev–Trinajstić information content (AvgIpc) is 2.39. The molecule has 104 valence electrons. The maximum atomic E-state index is 11.2. The molecule has 0 spiro atoms. The molecule has 0 saturated carbocycles. The molecule has 6 nitrogen and oxygen atoms in total. The van der Waals surface area contributed by atoms with Gasteiger partial charge in [-0.15, -0.1) is 0 Å². The van der Waals surface area contributed by atoms with E-state index in [0.29, 0.717) is 17.4 Å². The van der Waals surface area contributed by atoms with Gasteiger partial charge in [0.15, 0.2) is 5.82 Å². The second kappa shape index (κ2) is 5.88. The van der Waals surface area contributed by atoms with Crippen LogP contribution in [0.5, 0.6) is 0 Å². The molecule has 1 atom stereocenters. The first-order valence-electron chi connectivity index (χ1n) is 6.42. The fourth-order valence-corrected chi connectivity index (χ4v) is 2.48. The Morgan fingerprint density at radius 2 is 2.37 bits per heavy atom. The lowest BCUT2D eigenvalue weighted by atomic mass is 9.99. The number of nitrogens with zero attached hydrogens (tertiary/aromatic N) is 2. The standard InChI is InChI=1S/C13H20N4O2/c1-19-8-9-3-2-6-17(7-9)13-10(14)4-5-11(16-13)12(15)18/h4-5,9H,2-3,6-8,14H2,1H3,(H2,15,18). The first-order chi connectivity index (χ1) is 9.11. The molecule has 2 heterocycles. The number of methoxy groups -OCH3 is 1. The van der Waals surface area contributed by atoms with Gasteiger partial charge in [0, 0.05) is 20.2 Å². The summed E-state index contributed by atoms with van der Waals surface area (Å²) >= 11 is 0. The zero-order valence-electron chi connectivity index (χ0n) is 11.1. The third-order valence-electron chi connectivity index (χ3n) is 3.38. The lowest BCUT2D eigenvalue weighted by Crippen LogP contribution is -2.38. The monoisotopic (exact) mass is 264 g/mol. The number of rotatable bonds is 4. The largest absolute Gasteiger partial charge is 0.396 e. The highest BCUT2D eigenvalue weighted by Crippen LogP contribution is 2.26. The molecule has 1 aromatic rings. The summed E-state index contributed by atoms with van der Waals surface area (Å²) in [7, 11) is 1.71. The van der Waals surface area contributed by atoms with Gasteiger partial charge in [0.25, 0.3) is 5.91 Å². The number of ether oxygens (including phenoxy) is 1. The summed E-state index contributed by atoms with van der Waals surface area (Å²) in [4.78, 5) is 17.6. The summed E-state index contributed by atoms with van der Waals surface area (Å²) in [5, 5.41) is 0. The molecule has 19 heavy (non-hydrogen) atoms. The predicted molar refractivity (Wildman–Crippen MR) is 74.0 cm³/mol. The van der Waals surface area contributed by atoms with E-state index in [0.717, 1.165) is 32.5 Å². The van der Waals surface area contributed by atoms with Crippen molar-refractivity contribution in [2.75, 3.05) is 37.4 Å². The molecule has 6 heteroatoms. The van der Waals surface area contributed by atoms with Crippen molar-refractivity contribution in [3.8, 4) is 0 Å². The SMILES string of the molecule is COCC1CCCN(c2nc(C(N)=O)ccc2N)C1. The zero-order chi connectivity index (χ0) is 13.8. The maximum absolute atomic E-state index is 11.2. The quantitative estimate of drug-likeness (QED) is 0.831. The van der Waals surface area contributed by atoms with Crippen LogP contribution in [0.3, 0.4) is 0 Å². The van der Waals surface area contributed by atoms with Crippen LogP contribution < -0.4 is 16.4 Å². The number of carbonyl (C=O) groups is 1. The van der Waals surface area contributed by atoms with E-state index < -0.39 is 5.91 Å². The summed E-state index contributed by atoms with van der Waals surface area (Å²) < 4.78 is 5.21. The number of hydrogen-bond acceptors (Lipinski definition) is 5. The van der Waals surface area contributed by atoms with Crippen molar-refractivity contribution >= 4 is 17.4 Å². The van der Waals surface area contributed by atoms with Crippen molar-refractivity contribution in [2.45, 2.75) is 12.8 Å². The molecule has 1 unspecified atom stereocenters. The summed E-state index contributed by atoms with van der Waals surface area (Å²) in [6.45, 7) is 2.46. The molecule has 4 N–H and O–H groups in total. The van der Waals surface area contributed by atoms with E-state index in [9.17, 15) is 4.79 Å². The molecule has 0 bridgehead atoms. The second-order valence-electron chi connectivity index (χ2n) is 4.88. The summed E-state index contributed by atoms with van der Waals surface area (Å²) in [5.74, 6) is 0.584. The van der Waals surface area contributed by atoms with E-state index in [2.05, 4.69) is 9.88 Å². The Bertz CT molecular complexity index is 462. The summed E-state index contributed by atoms with van der Waals surface area (Å²) in [6.07, 6.45) is 2.20. The molecule has 1 saturated heterocycles. The Hall–Kier alpha value is -1.82. The number of aromatic nitrogens is 1. The van der Waals surface area contributed by atoms with Gasteiger partial charge in [-0.05, 0) is 30.9 Å². The average molecular weight is 264 g/mol. The first kappa shape index (κ1) is 13.6. The maximum Gasteiger partial charge on any atom is 0.267 e. The van der Waals surface area contributed by atoms with E-state index in [1.165, 1.54) is 0 Å². The summed E-state index contributed by atoms with van der Waals surface area (Å²) in [5.41, 5.74) is 12.0. The number of nitrogen functional groups attached to an aromatic ring is 1. The van der Waals surface area contributed by atoms with Crippen molar-refractivity contribution in [3.63, 3.8) is 0 Å². The van der Waals surface area contributed by atoms with E-state index in [-0.39, 0.29) is 5.69 Å². The number of anilines is 2. The predicted octanol–water partition coefficient (Wildman–Crippen LogP) is 0.626. The topological polar surface area (TPSA) is 94.5 Å². The molecule has 0 radical (unpaired) electrons. The van der Waals surface area contributed by atoms with Crippen LogP contribution in [0.1, 0.15) is 23.3 Å². The van der Waals surface area contributed by atoms with Crippen molar-refractivity contribution in [3.05, 3.63) is 17.8 Å². The Morgan fingerprint density at radius 3 is 3.05 bits per heavy atom. The van der Waals surface area contributed by atoms with Crippen LogP contribution in [0.4, 0.5) is 11.5 Å². The van der Waals surface area contributed by atoms with Gasteiger partial charge in [-0.25, -0.2) is 4.98 Å². The fraction of sp³-hybridized carbons (Fsp3) is 0.538. The molecule has 0 aromatic carbocycles. The minimum atomic E-state index is -0.535. The highest BCUT2D eigenvalue weighted by atomic mass is 16.5. The van der Waals surface area contributed by atoms with Gasteiger partial charge in [-0.2, -0.15) is 0 Å². The number of pyridine rings is 1. The van der Waals surface area contributed by atoms with Gasteiger partial charge in [-0.3, -0.25) is 4.79 Å². The van der Waals surface area contributed by atoms with E-state index in [4.69, 9.17) is 16.2 Å². The molecular weight excluding hydrogens is 244 g/mol. The van der Waals surface area contributed by atoms with Crippen LogP contribution in [-0.4, -0.2) is 37.7 Å². The summed E-state index contributed by atoms with van der Waals surface area (Å²) in [6, 6.07) is 3.24. The highest BCUT2D eigenvalue weighted by Gasteiger charge is 2.22. The molecule has 2 rings (SSSR count). The Balaban J connectivity index is 2.20. The number of hydrogen-bond donors (Lipinski definition) is 2. The van der Waals surface area contributed by atoms with E-state index >= 15 is 0 Å². The lowest BCUT2D eigenvalue weighted by Gasteiger charge is -2.34. The highest BCUT2D eigenvalue weighted by molar-refractivity contribution is 5.91. The molecule has 1 aromatic heterocycles. The van der Waals surface area contributed by atoms with Crippen LogP contribution in [0.15, 0.2) is 12.1 Å². The minimum Gasteiger partial charge on any atom is -0.396 e. The smallest absolute Gasteiger partial charge is 0.267 e. The van der Waals surface area contributed by atoms with Crippen LogP contribution in [0.2, 0.25) is 0 Å². The number of primary amides is 1. The molecular formula is C13H20N4O2. The Morgan fingerprint density at radius 1 is 1.58 bits per heavy atom. The van der Waals surface area contributed by atoms with Crippen molar-refractivity contribution < 1.29 is 9.53 Å². The number of piperidine rings is 1. The van der Waals surface area contributed by atoms with Gasteiger partial charge in [0.2, 0.25) is 0 Å². The van der Waals surface area contributed by atoms with Crippen molar-refractivity contribution in [2.24, 2.45) is 11.7 Å². The number of nitrogens with two attached hydrogens (primary N) is 2. The molecule has 0 aliphatic carbocycles. The van der Waals surface area contributed by atoms with Crippen molar-refractivity contribution in [1.29, 1.82) is 0 Å². The van der Waals surface area contributed by atoms with Gasteiger partial charge >= 0.3 is 0 Å². The van der Waals surface area contributed by atoms with Crippen LogP contribution in [-0.2, 0) is 4.74 Å². The lowest BCUT2D eigenvalue weighted by molar-refractivity contribution is 0.0995. The van der Waals surface area contributed by atoms with Gasteiger partial charge in [0.1, 0.15) is 5.69 Å². The van der Waals surface area contributed by atoms with Crippen LogP contribution in [0.25, 0.3) is 0 Å². The van der Waals surface area contributed by atoms with Crippen LogP contribution >= 0.6 is 0 Å². The Labute approximate surface area is 112 Å².